The molecule has 0 aromatic heterocycles. The van der Waals surface area contributed by atoms with Crippen LogP contribution in [0.3, 0.4) is 0 Å². The molecule has 0 fully saturated rings. The molecule has 1 nitrogen and oxygen atoms in total. The van der Waals surface area contributed by atoms with Gasteiger partial charge < -0.3 is 4.74 Å². The van der Waals surface area contributed by atoms with E-state index in [1.807, 2.05) is 6.07 Å². The maximum Gasteiger partial charge on any atom is 1.00 e. The van der Waals surface area contributed by atoms with Gasteiger partial charge in [-0.2, -0.15) is 17.2 Å². The van der Waals surface area contributed by atoms with Crippen molar-refractivity contribution in [2.75, 3.05) is 6.61 Å². The van der Waals surface area contributed by atoms with Gasteiger partial charge in [0.1, 0.15) is 6.61 Å². The van der Waals surface area contributed by atoms with Crippen LogP contribution in [0, 0.1) is 6.07 Å². The zero-order chi connectivity index (χ0) is 9.80. The zero-order valence-electron chi connectivity index (χ0n) is 9.38. The van der Waals surface area contributed by atoms with Gasteiger partial charge in [-0.15, -0.1) is 12.1 Å². The summed E-state index contributed by atoms with van der Waals surface area (Å²) < 4.78 is 5.45. The van der Waals surface area contributed by atoms with E-state index in [0.29, 0.717) is 6.61 Å². The fourth-order valence-electron chi connectivity index (χ4n) is 1.85. The summed E-state index contributed by atoms with van der Waals surface area (Å²) in [5.41, 5.74) is 2.79. The van der Waals surface area contributed by atoms with Gasteiger partial charge in [0.2, 0.25) is 0 Å². The molecule has 0 bridgehead atoms. The predicted molar refractivity (Wildman–Crippen MR) is 57.6 cm³/mol. The monoisotopic (exact) mass is 194 g/mol. The Morgan fingerprint density at radius 1 is 1.33 bits per heavy atom. The first-order valence-corrected chi connectivity index (χ1v) is 5.18. The molecule has 0 radical (unpaired) electrons. The third-order valence-corrected chi connectivity index (χ3v) is 2.58. The second kappa shape index (κ2) is 6.05. The number of benzene rings is 1. The first kappa shape index (κ1) is 12.4. The van der Waals surface area contributed by atoms with Crippen LogP contribution in [0.1, 0.15) is 24.0 Å². The van der Waals surface area contributed by atoms with Crippen LogP contribution in [-0.2, 0) is 12.8 Å². The molecule has 1 aliphatic rings. The quantitative estimate of drug-likeness (QED) is 0.372. The van der Waals surface area contributed by atoms with E-state index in [2.05, 4.69) is 18.7 Å². The summed E-state index contributed by atoms with van der Waals surface area (Å²) in [4.78, 5) is 0. The Bertz CT molecular complexity index is 333. The topological polar surface area (TPSA) is 9.23 Å². The molecule has 0 aliphatic heterocycles. The fourth-order valence-corrected chi connectivity index (χ4v) is 1.85. The Kier molecular flexibility index (Phi) is 5.01. The van der Waals surface area contributed by atoms with Crippen LogP contribution in [-0.4, -0.2) is 6.61 Å². The molecule has 0 saturated heterocycles. The van der Waals surface area contributed by atoms with Gasteiger partial charge in [-0.1, -0.05) is 38.3 Å². The maximum atomic E-state index is 5.45. The van der Waals surface area contributed by atoms with Crippen molar-refractivity contribution < 1.29 is 23.6 Å². The molecule has 1 aliphatic carbocycles. The minimum atomic E-state index is 0. The second-order valence-corrected chi connectivity index (χ2v) is 3.63. The van der Waals surface area contributed by atoms with Gasteiger partial charge in [0.25, 0.3) is 0 Å². The molecule has 2 heteroatoms. The molecule has 2 rings (SSSR count). The standard InChI is InChI=1S/C13H15O.Li/c1-2-9-14-13-8-7-11-5-3-4-6-12(11)10-13;/h2,7-8H,1,3-6,9H2;/q-1;+1. The minimum absolute atomic E-state index is 0. The van der Waals surface area contributed by atoms with Gasteiger partial charge in [0.15, 0.2) is 0 Å². The molecule has 1 aromatic carbocycles. The van der Waals surface area contributed by atoms with E-state index in [0.717, 1.165) is 12.2 Å². The third kappa shape index (κ3) is 3.16. The van der Waals surface area contributed by atoms with Gasteiger partial charge in [0, 0.05) is 5.75 Å². The summed E-state index contributed by atoms with van der Waals surface area (Å²) in [5.74, 6) is 0.852. The van der Waals surface area contributed by atoms with E-state index < -0.39 is 0 Å². The van der Waals surface area contributed by atoms with Crippen LogP contribution < -0.4 is 23.6 Å². The van der Waals surface area contributed by atoms with Crippen LogP contribution >= 0.6 is 0 Å². The molecular weight excluding hydrogens is 179 g/mol. The van der Waals surface area contributed by atoms with E-state index in [-0.39, 0.29) is 18.9 Å². The molecular formula is C13H15LiO. The van der Waals surface area contributed by atoms with Crippen molar-refractivity contribution in [1.82, 2.24) is 0 Å². The molecule has 0 unspecified atom stereocenters. The minimum Gasteiger partial charge on any atom is -0.515 e. The average molecular weight is 194 g/mol. The van der Waals surface area contributed by atoms with E-state index >= 15 is 0 Å². The van der Waals surface area contributed by atoms with Gasteiger partial charge in [-0.25, -0.2) is 0 Å². The van der Waals surface area contributed by atoms with Crippen LogP contribution in [0.2, 0.25) is 0 Å². The summed E-state index contributed by atoms with van der Waals surface area (Å²) in [6, 6.07) is 7.51. The Morgan fingerprint density at radius 3 is 2.93 bits per heavy atom. The van der Waals surface area contributed by atoms with Crippen molar-refractivity contribution in [2.24, 2.45) is 0 Å². The molecule has 74 valence electrons. The Morgan fingerprint density at radius 2 is 2.13 bits per heavy atom. The number of hydrogen-bond donors (Lipinski definition) is 0. The zero-order valence-corrected chi connectivity index (χ0v) is 9.38. The molecule has 0 amide bonds. The first-order valence-electron chi connectivity index (χ1n) is 5.18. The van der Waals surface area contributed by atoms with Gasteiger partial charge in [0.05, 0.1) is 0 Å². The molecule has 0 spiro atoms. The average Bonchev–Trinajstić information content (AvgIpc) is 2.26. The SMILES string of the molecule is C=CCOc1[c-]c2c(cc1)CCCC2.[Li+]. The number of ether oxygens (including phenoxy) is 1. The second-order valence-electron chi connectivity index (χ2n) is 3.63. The predicted octanol–water partition coefficient (Wildman–Crippen LogP) is -0.0656. The first-order chi connectivity index (χ1) is 6.90. The third-order valence-electron chi connectivity index (χ3n) is 2.58. The van der Waals surface area contributed by atoms with Crippen molar-refractivity contribution in [3.63, 3.8) is 0 Å². The largest absolute Gasteiger partial charge is 1.00 e. The summed E-state index contributed by atoms with van der Waals surface area (Å²) in [5, 5.41) is 0. The van der Waals surface area contributed by atoms with Crippen molar-refractivity contribution in [1.29, 1.82) is 0 Å². The van der Waals surface area contributed by atoms with Crippen molar-refractivity contribution >= 4 is 0 Å². The number of rotatable bonds is 3. The van der Waals surface area contributed by atoms with Crippen LogP contribution in [0.15, 0.2) is 24.8 Å². The Labute approximate surface area is 104 Å². The van der Waals surface area contributed by atoms with Crippen molar-refractivity contribution in [3.05, 3.63) is 42.0 Å². The molecule has 0 saturated carbocycles. The van der Waals surface area contributed by atoms with Crippen LogP contribution in [0.4, 0.5) is 0 Å². The molecule has 0 atom stereocenters. The van der Waals surface area contributed by atoms with E-state index in [4.69, 9.17) is 4.74 Å². The molecule has 0 N–H and O–H groups in total. The summed E-state index contributed by atoms with van der Waals surface area (Å²) in [6.45, 7) is 4.19. The number of aryl methyl sites for hydroxylation is 2. The van der Waals surface area contributed by atoms with Gasteiger partial charge in [-0.05, 0) is 0 Å². The van der Waals surface area contributed by atoms with Gasteiger partial charge >= 0.3 is 18.9 Å². The molecule has 15 heavy (non-hydrogen) atoms. The van der Waals surface area contributed by atoms with Crippen LogP contribution in [0.25, 0.3) is 0 Å². The Balaban J connectivity index is 0.00000112. The van der Waals surface area contributed by atoms with E-state index in [1.165, 1.54) is 30.4 Å². The van der Waals surface area contributed by atoms with Crippen LogP contribution in [0.5, 0.6) is 5.75 Å². The Hall–Kier alpha value is -0.643. The number of fused-ring (bicyclic) bond motifs is 1. The smallest absolute Gasteiger partial charge is 0.515 e. The molecule has 1 aromatic rings. The summed E-state index contributed by atoms with van der Waals surface area (Å²) >= 11 is 0. The maximum absolute atomic E-state index is 5.45. The fraction of sp³-hybridized carbons (Fsp3) is 0.385. The number of hydrogen-bond acceptors (Lipinski definition) is 1. The summed E-state index contributed by atoms with van der Waals surface area (Å²) in [6.07, 6.45) is 6.71. The van der Waals surface area contributed by atoms with E-state index in [9.17, 15) is 0 Å². The van der Waals surface area contributed by atoms with Gasteiger partial charge in [-0.3, -0.25) is 0 Å². The van der Waals surface area contributed by atoms with Crippen molar-refractivity contribution in [3.8, 4) is 5.75 Å². The van der Waals surface area contributed by atoms with E-state index in [1.54, 1.807) is 6.08 Å². The normalized spacial score (nSPS) is 13.6. The molecule has 0 heterocycles. The summed E-state index contributed by atoms with van der Waals surface area (Å²) in [7, 11) is 0. The van der Waals surface area contributed by atoms with Crippen molar-refractivity contribution in [2.45, 2.75) is 25.7 Å².